The normalized spacial score (nSPS) is 10.3. The Kier molecular flexibility index (Phi) is 5.96. The molecule has 0 aliphatic heterocycles. The van der Waals surface area contributed by atoms with Crippen LogP contribution in [0.4, 0.5) is 0 Å². The molecule has 0 spiro atoms. The average molecular weight is 348 g/mol. The monoisotopic (exact) mass is 348 g/mol. The molecule has 2 aromatic carbocycles. The van der Waals surface area contributed by atoms with E-state index in [0.717, 1.165) is 11.1 Å². The SMILES string of the molecule is NCC(=O)c1cc(OCc2ccccc2)c(OCc2ccccc2)cn1. The van der Waals surface area contributed by atoms with Crippen LogP contribution < -0.4 is 15.2 Å². The van der Waals surface area contributed by atoms with E-state index >= 15 is 0 Å². The third-order valence-corrected chi connectivity index (χ3v) is 3.78. The van der Waals surface area contributed by atoms with Crippen LogP contribution in [0.25, 0.3) is 0 Å². The summed E-state index contributed by atoms with van der Waals surface area (Å²) in [6.07, 6.45) is 1.51. The first-order chi connectivity index (χ1) is 12.8. The van der Waals surface area contributed by atoms with Gasteiger partial charge < -0.3 is 15.2 Å². The minimum atomic E-state index is -0.246. The number of ketones is 1. The van der Waals surface area contributed by atoms with Crippen molar-refractivity contribution in [3.8, 4) is 11.5 Å². The highest BCUT2D eigenvalue weighted by molar-refractivity contribution is 5.96. The Balaban J connectivity index is 1.78. The lowest BCUT2D eigenvalue weighted by Crippen LogP contribution is -2.15. The van der Waals surface area contributed by atoms with Gasteiger partial charge in [0.2, 0.25) is 0 Å². The number of pyridine rings is 1. The van der Waals surface area contributed by atoms with Gasteiger partial charge in [-0.05, 0) is 11.1 Å². The fourth-order valence-corrected chi connectivity index (χ4v) is 2.37. The Morgan fingerprint density at radius 1 is 0.846 bits per heavy atom. The van der Waals surface area contributed by atoms with Gasteiger partial charge in [-0.3, -0.25) is 4.79 Å². The Morgan fingerprint density at radius 3 is 1.92 bits per heavy atom. The molecule has 1 aromatic heterocycles. The van der Waals surface area contributed by atoms with Crippen LogP contribution in [0, 0.1) is 0 Å². The third kappa shape index (κ3) is 4.68. The molecule has 0 amide bonds. The van der Waals surface area contributed by atoms with Gasteiger partial charge in [-0.15, -0.1) is 0 Å². The van der Waals surface area contributed by atoms with Crippen LogP contribution in [0.5, 0.6) is 11.5 Å². The van der Waals surface area contributed by atoms with Gasteiger partial charge in [-0.2, -0.15) is 0 Å². The predicted molar refractivity (Wildman–Crippen MR) is 99.2 cm³/mol. The standard InChI is InChI=1S/C21H20N2O3/c22-12-19(24)18-11-20(25-14-16-7-3-1-4-8-16)21(13-23-18)26-15-17-9-5-2-6-10-17/h1-11,13H,12,14-15,22H2. The van der Waals surface area contributed by atoms with E-state index < -0.39 is 0 Å². The summed E-state index contributed by atoms with van der Waals surface area (Å²) in [7, 11) is 0. The molecule has 1 heterocycles. The molecule has 0 saturated heterocycles. The van der Waals surface area contributed by atoms with E-state index in [2.05, 4.69) is 4.98 Å². The molecule has 0 aliphatic carbocycles. The number of nitrogens with two attached hydrogens (primary N) is 1. The summed E-state index contributed by atoms with van der Waals surface area (Å²) in [4.78, 5) is 16.0. The van der Waals surface area contributed by atoms with E-state index in [0.29, 0.717) is 24.7 Å². The number of carbonyl (C=O) groups excluding carboxylic acids is 1. The molecule has 132 valence electrons. The molecule has 2 N–H and O–H groups in total. The Labute approximate surface area is 152 Å². The van der Waals surface area contributed by atoms with Crippen molar-refractivity contribution in [1.82, 2.24) is 4.98 Å². The second-order valence-corrected chi connectivity index (χ2v) is 5.69. The average Bonchev–Trinajstić information content (AvgIpc) is 2.72. The molecule has 0 saturated carbocycles. The van der Waals surface area contributed by atoms with Crippen molar-refractivity contribution >= 4 is 5.78 Å². The van der Waals surface area contributed by atoms with E-state index in [-0.39, 0.29) is 18.0 Å². The summed E-state index contributed by atoms with van der Waals surface area (Å²) in [5.41, 5.74) is 7.75. The zero-order chi connectivity index (χ0) is 18.2. The molecule has 0 atom stereocenters. The fraction of sp³-hybridized carbons (Fsp3) is 0.143. The van der Waals surface area contributed by atoms with E-state index in [1.54, 1.807) is 6.07 Å². The van der Waals surface area contributed by atoms with Gasteiger partial charge in [-0.1, -0.05) is 60.7 Å². The van der Waals surface area contributed by atoms with Crippen LogP contribution in [0.1, 0.15) is 21.6 Å². The summed E-state index contributed by atoms with van der Waals surface area (Å²) >= 11 is 0. The van der Waals surface area contributed by atoms with Crippen molar-refractivity contribution in [2.45, 2.75) is 13.2 Å². The molecule has 0 unspecified atom stereocenters. The summed E-state index contributed by atoms with van der Waals surface area (Å²) in [6.45, 7) is 0.645. The quantitative estimate of drug-likeness (QED) is 0.632. The Bertz CT molecular complexity index is 852. The number of hydrogen-bond acceptors (Lipinski definition) is 5. The molecule has 0 bridgehead atoms. The molecule has 5 nitrogen and oxygen atoms in total. The lowest BCUT2D eigenvalue weighted by molar-refractivity contribution is 0.0996. The smallest absolute Gasteiger partial charge is 0.194 e. The predicted octanol–water partition coefficient (Wildman–Crippen LogP) is 3.38. The second kappa shape index (κ2) is 8.78. The molecule has 0 fully saturated rings. The van der Waals surface area contributed by atoms with E-state index in [1.165, 1.54) is 6.20 Å². The first kappa shape index (κ1) is 17.6. The summed E-state index contributed by atoms with van der Waals surface area (Å²) in [5, 5.41) is 0. The first-order valence-corrected chi connectivity index (χ1v) is 8.33. The number of rotatable bonds is 8. The lowest BCUT2D eigenvalue weighted by Gasteiger charge is -2.13. The zero-order valence-electron chi connectivity index (χ0n) is 14.3. The van der Waals surface area contributed by atoms with Crippen molar-refractivity contribution in [2.75, 3.05) is 6.54 Å². The molecule has 5 heteroatoms. The van der Waals surface area contributed by atoms with Crippen molar-refractivity contribution < 1.29 is 14.3 Å². The van der Waals surface area contributed by atoms with E-state index in [9.17, 15) is 4.79 Å². The van der Waals surface area contributed by atoms with Crippen LogP contribution in [-0.2, 0) is 13.2 Å². The van der Waals surface area contributed by atoms with Crippen LogP contribution in [0.2, 0.25) is 0 Å². The molecule has 3 rings (SSSR count). The largest absolute Gasteiger partial charge is 0.485 e. The highest BCUT2D eigenvalue weighted by Crippen LogP contribution is 2.28. The molecular formula is C21H20N2O3. The van der Waals surface area contributed by atoms with Gasteiger partial charge in [0.05, 0.1) is 12.7 Å². The van der Waals surface area contributed by atoms with Gasteiger partial charge in [0.25, 0.3) is 0 Å². The van der Waals surface area contributed by atoms with Gasteiger partial charge in [0.1, 0.15) is 18.9 Å². The van der Waals surface area contributed by atoms with Crippen LogP contribution in [0.3, 0.4) is 0 Å². The number of nitrogens with zero attached hydrogens (tertiary/aromatic N) is 1. The Morgan fingerprint density at radius 2 is 1.38 bits per heavy atom. The number of Topliss-reactive ketones (excluding diaryl/α,β-unsaturated/α-hetero) is 1. The molecule has 0 aliphatic rings. The molecule has 26 heavy (non-hydrogen) atoms. The van der Waals surface area contributed by atoms with Crippen LogP contribution in [-0.4, -0.2) is 17.3 Å². The number of benzene rings is 2. The third-order valence-electron chi connectivity index (χ3n) is 3.78. The maximum atomic E-state index is 11.8. The number of aromatic nitrogens is 1. The van der Waals surface area contributed by atoms with Crippen molar-refractivity contribution in [1.29, 1.82) is 0 Å². The highest BCUT2D eigenvalue weighted by atomic mass is 16.5. The maximum Gasteiger partial charge on any atom is 0.194 e. The summed E-state index contributed by atoms with van der Waals surface area (Å²) in [5.74, 6) is 0.708. The number of carbonyl (C=O) groups is 1. The Hall–Kier alpha value is -3.18. The fourth-order valence-electron chi connectivity index (χ4n) is 2.37. The molecular weight excluding hydrogens is 328 g/mol. The summed E-state index contributed by atoms with van der Waals surface area (Å²) < 4.78 is 11.7. The second-order valence-electron chi connectivity index (χ2n) is 5.69. The van der Waals surface area contributed by atoms with Crippen LogP contribution >= 0.6 is 0 Å². The molecule has 3 aromatic rings. The van der Waals surface area contributed by atoms with Gasteiger partial charge in [0, 0.05) is 6.07 Å². The van der Waals surface area contributed by atoms with Crippen molar-refractivity contribution in [2.24, 2.45) is 5.73 Å². The van der Waals surface area contributed by atoms with Gasteiger partial charge >= 0.3 is 0 Å². The number of hydrogen-bond donors (Lipinski definition) is 1. The van der Waals surface area contributed by atoms with E-state index in [1.807, 2.05) is 60.7 Å². The lowest BCUT2D eigenvalue weighted by atomic mass is 10.2. The minimum absolute atomic E-state index is 0.102. The summed E-state index contributed by atoms with van der Waals surface area (Å²) in [6, 6.07) is 21.2. The van der Waals surface area contributed by atoms with Gasteiger partial charge in [0.15, 0.2) is 17.3 Å². The number of ether oxygens (including phenoxy) is 2. The maximum absolute atomic E-state index is 11.8. The van der Waals surface area contributed by atoms with Gasteiger partial charge in [-0.25, -0.2) is 4.98 Å². The first-order valence-electron chi connectivity index (χ1n) is 8.33. The highest BCUT2D eigenvalue weighted by Gasteiger charge is 2.13. The van der Waals surface area contributed by atoms with Crippen molar-refractivity contribution in [3.63, 3.8) is 0 Å². The zero-order valence-corrected chi connectivity index (χ0v) is 14.3. The molecule has 0 radical (unpaired) electrons. The van der Waals surface area contributed by atoms with Crippen LogP contribution in [0.15, 0.2) is 72.9 Å². The topological polar surface area (TPSA) is 74.4 Å². The van der Waals surface area contributed by atoms with Crippen molar-refractivity contribution in [3.05, 3.63) is 89.7 Å². The minimum Gasteiger partial charge on any atom is -0.485 e. The van der Waals surface area contributed by atoms with E-state index in [4.69, 9.17) is 15.2 Å².